The second-order valence-electron chi connectivity index (χ2n) is 22.3. The Labute approximate surface area is 621 Å². The molecule has 0 fully saturated rings. The van der Waals surface area contributed by atoms with Gasteiger partial charge in [-0.1, -0.05) is 7.43 Å². The largest absolute Gasteiger partial charge is 0.523 e. The maximum atomic E-state index is 12.7. The van der Waals surface area contributed by atoms with Crippen LogP contribution in [-0.2, 0) is 66.2 Å². The minimum Gasteiger partial charge on any atom is -0.493 e. The topological polar surface area (TPSA) is 227 Å². The maximum absolute atomic E-state index is 12.7. The van der Waals surface area contributed by atoms with E-state index < -0.39 is 75.4 Å². The summed E-state index contributed by atoms with van der Waals surface area (Å²) in [5, 5.41) is 18.1. The first-order valence-electron chi connectivity index (χ1n) is 31.9. The third kappa shape index (κ3) is 37.4. The quantitative estimate of drug-likeness (QED) is 0.0121. The van der Waals surface area contributed by atoms with Crippen LogP contribution in [-0.4, -0.2) is 153 Å². The molecule has 2 N–H and O–H groups in total. The maximum Gasteiger partial charge on any atom is 0.523 e. The smallest absolute Gasteiger partial charge is 0.493 e. The van der Waals surface area contributed by atoms with E-state index in [0.29, 0.717) is 93.4 Å². The summed E-state index contributed by atoms with van der Waals surface area (Å²) in [6, 6.07) is 30.8. The number of esters is 2. The molecule has 0 saturated heterocycles. The molecule has 6 aromatic carbocycles. The molecule has 0 aromatic heterocycles. The van der Waals surface area contributed by atoms with E-state index >= 15 is 0 Å². The van der Waals surface area contributed by atoms with Crippen LogP contribution in [0.5, 0.6) is 34.5 Å². The van der Waals surface area contributed by atoms with Gasteiger partial charge in [0.1, 0.15) is 34.5 Å². The molecule has 0 aliphatic heterocycles. The molecule has 0 bridgehead atoms. The number of carbonyl (C=O) groups is 3. The number of alkyl halides is 12. The number of carbonyl (C=O) groups excluding carboxylic acids is 2. The predicted molar refractivity (Wildman–Crippen MR) is 378 cm³/mol. The highest BCUT2D eigenvalue weighted by Gasteiger charge is 2.46. The zero-order valence-corrected chi connectivity index (χ0v) is 61.7. The van der Waals surface area contributed by atoms with Crippen LogP contribution in [0.3, 0.4) is 0 Å². The fourth-order valence-electron chi connectivity index (χ4n) is 8.43. The van der Waals surface area contributed by atoms with Crippen molar-refractivity contribution in [2.45, 2.75) is 100 Å². The second-order valence-corrected chi connectivity index (χ2v) is 27.3. The lowest BCUT2D eigenvalue weighted by Gasteiger charge is -2.18. The van der Waals surface area contributed by atoms with Crippen molar-refractivity contribution >= 4 is 63.3 Å². The Morgan fingerprint density at radius 1 is 0.443 bits per heavy atom. The molecule has 0 spiro atoms. The van der Waals surface area contributed by atoms with Gasteiger partial charge < -0.3 is 57.6 Å². The van der Waals surface area contributed by atoms with Gasteiger partial charge in [0.25, 0.3) is 0 Å². The van der Waals surface area contributed by atoms with Crippen molar-refractivity contribution in [1.29, 1.82) is 0 Å². The van der Waals surface area contributed by atoms with Crippen LogP contribution in [0, 0.1) is 38.5 Å². The number of carboxylic acid groups (broad SMARTS) is 1. The van der Waals surface area contributed by atoms with E-state index in [2.05, 4.69) is 4.18 Å². The van der Waals surface area contributed by atoms with E-state index in [0.717, 1.165) is 92.1 Å². The van der Waals surface area contributed by atoms with Crippen molar-refractivity contribution in [2.75, 3.05) is 111 Å². The molecule has 6 aromatic rings. The van der Waals surface area contributed by atoms with Crippen LogP contribution in [0.1, 0.15) is 73.9 Å². The monoisotopic (exact) mass is 1600 g/mol. The zero-order chi connectivity index (χ0) is 78.4. The summed E-state index contributed by atoms with van der Waals surface area (Å²) in [6.45, 7) is 11.1. The molecular formula is C72H88F12O18S4. The molecule has 18 nitrogen and oxygen atoms in total. The molecule has 0 amide bonds. The molecule has 0 aliphatic rings. The average molecular weight is 1600 g/mol. The van der Waals surface area contributed by atoms with Crippen LogP contribution in [0.4, 0.5) is 52.7 Å². The SMILES string of the molecule is C.CCOC(=O)COc1ccc(SCC(CCO)COc2ccc(C(F)(F)F)cc2)cc1C.CCOC(=O)COc1ccc(SCC(CCOC)COc2ccc(C(F)(F)F)cc2)cc1C.COCCC(COc1ccc(C(F)(F)F)cc1)CSc1ccc(OCC(=O)O)c(C)c1.COS(=O)(=O)C(F)(F)F. The Bertz CT molecular complexity index is 3640. The van der Waals surface area contributed by atoms with Crippen molar-refractivity contribution in [2.24, 2.45) is 17.8 Å². The molecule has 592 valence electrons. The molecular weight excluding hydrogens is 1510 g/mol. The van der Waals surface area contributed by atoms with Crippen LogP contribution in [0.25, 0.3) is 0 Å². The summed E-state index contributed by atoms with van der Waals surface area (Å²) in [6.07, 6.45) is -11.1. The van der Waals surface area contributed by atoms with E-state index in [-0.39, 0.29) is 51.6 Å². The van der Waals surface area contributed by atoms with Crippen molar-refractivity contribution in [3.05, 3.63) is 161 Å². The lowest BCUT2D eigenvalue weighted by Crippen LogP contribution is -2.23. The third-order valence-corrected chi connectivity index (χ3v) is 18.7. The molecule has 106 heavy (non-hydrogen) atoms. The summed E-state index contributed by atoms with van der Waals surface area (Å²) in [5.41, 5.74) is -4.83. The number of ether oxygens (including phenoxy) is 10. The van der Waals surface area contributed by atoms with Crippen molar-refractivity contribution in [3.8, 4) is 34.5 Å². The molecule has 0 aliphatic carbocycles. The van der Waals surface area contributed by atoms with E-state index in [4.69, 9.17) is 52.5 Å². The van der Waals surface area contributed by atoms with Gasteiger partial charge in [-0.2, -0.15) is 61.1 Å². The number of hydrogen-bond acceptors (Lipinski definition) is 20. The van der Waals surface area contributed by atoms with Gasteiger partial charge >= 0.3 is 52.1 Å². The predicted octanol–water partition coefficient (Wildman–Crippen LogP) is 17.3. The average Bonchev–Trinajstić information content (AvgIpc) is 0.905. The van der Waals surface area contributed by atoms with E-state index in [1.54, 1.807) is 75.5 Å². The summed E-state index contributed by atoms with van der Waals surface area (Å²) < 4.78 is 223. The Balaban J connectivity index is 0.000000507. The number of methoxy groups -OCH3 is 2. The Morgan fingerprint density at radius 3 is 0.962 bits per heavy atom. The molecule has 0 radical (unpaired) electrons. The lowest BCUT2D eigenvalue weighted by atomic mass is 10.1. The number of aryl methyl sites for hydroxylation is 3. The van der Waals surface area contributed by atoms with Gasteiger partial charge in [-0.15, -0.1) is 35.3 Å². The molecule has 34 heteroatoms. The van der Waals surface area contributed by atoms with Gasteiger partial charge in [-0.3, -0.25) is 4.18 Å². The van der Waals surface area contributed by atoms with E-state index in [1.165, 1.54) is 36.4 Å². The number of aliphatic hydroxyl groups is 1. The van der Waals surface area contributed by atoms with Gasteiger partial charge in [-0.25, -0.2) is 14.4 Å². The highest BCUT2D eigenvalue weighted by atomic mass is 32.2. The molecule has 3 atom stereocenters. The number of rotatable bonds is 38. The Morgan fingerprint density at radius 2 is 0.736 bits per heavy atom. The third-order valence-electron chi connectivity index (χ3n) is 14.1. The van der Waals surface area contributed by atoms with Crippen molar-refractivity contribution < 1.29 is 137 Å². The Kier molecular flexibility index (Phi) is 42.9. The van der Waals surface area contributed by atoms with Crippen LogP contribution >= 0.6 is 35.3 Å². The van der Waals surface area contributed by atoms with Gasteiger partial charge in [0.2, 0.25) is 0 Å². The van der Waals surface area contributed by atoms with E-state index in [1.807, 2.05) is 63.2 Å². The summed E-state index contributed by atoms with van der Waals surface area (Å²) >= 11 is 4.83. The lowest BCUT2D eigenvalue weighted by molar-refractivity contribution is -0.146. The highest BCUT2D eigenvalue weighted by molar-refractivity contribution is 7.99. The molecule has 3 unspecified atom stereocenters. The fourth-order valence-corrected chi connectivity index (χ4v) is 12.0. The second kappa shape index (κ2) is 48.0. The first kappa shape index (κ1) is 94.6. The summed E-state index contributed by atoms with van der Waals surface area (Å²) in [4.78, 5) is 36.5. The number of hydrogen-bond donors (Lipinski definition) is 2. The minimum absolute atomic E-state index is 0. The number of aliphatic hydroxyl groups excluding tert-OH is 1. The summed E-state index contributed by atoms with van der Waals surface area (Å²) in [7, 11) is -1.65. The summed E-state index contributed by atoms with van der Waals surface area (Å²) in [5.74, 6) is 3.38. The minimum atomic E-state index is -5.34. The first-order valence-corrected chi connectivity index (χ1v) is 36.3. The fraction of sp³-hybridized carbons (Fsp3) is 0.458. The zero-order valence-electron chi connectivity index (χ0n) is 58.5. The molecule has 6 rings (SSSR count). The number of aliphatic carboxylic acids is 1. The standard InChI is InChI=1S/C24H29F3O5S.C23H27F3O5S.C22H25F3O5S.C2H3F3O3S.CH4/c1-4-30-23(28)15-32-22-10-9-21(13-17(22)2)33-16-18(11-12-29-3)14-31-20-7-5-19(6-8-20)24(25,26)27;1-3-29-22(28)14-31-21-9-8-20(12-16(21)2)32-15-17(10-11-27)13-30-19-6-4-18(5-7-19)23(24,25)26;1-15-11-19(7-8-20(15)30-13-21(26)27)31-14-16(9-10-28-2)12-29-18-5-3-17(4-6-18)22(23,24)25;1-8-9(6,7)2(3,4)5;/h5-10,13,18H,4,11-12,14-16H2,1-3H3;4-9,12,17,27H,3,10-11,13-15H2,1-2H3;3-8,11,16H,9-10,12-14H2,1-2H3,(H,26,27);1H3;1H4. The number of benzene rings is 6. The van der Waals surface area contributed by atoms with Gasteiger partial charge in [-0.05, 0) is 198 Å². The van der Waals surface area contributed by atoms with E-state index in [9.17, 15) is 80.6 Å². The van der Waals surface area contributed by atoms with Gasteiger partial charge in [0.05, 0.1) is 56.8 Å². The van der Waals surface area contributed by atoms with Crippen LogP contribution < -0.4 is 28.4 Å². The number of thioether (sulfide) groups is 3. The molecule has 0 saturated carbocycles. The number of carboxylic acids is 1. The molecule has 0 heterocycles. The first-order chi connectivity index (χ1) is 49.4. The normalized spacial score (nSPS) is 12.3. The van der Waals surface area contributed by atoms with Crippen molar-refractivity contribution in [1.82, 2.24) is 0 Å². The number of halogens is 12. The Hall–Kier alpha value is -7.47. The van der Waals surface area contributed by atoms with Crippen LogP contribution in [0.15, 0.2) is 142 Å². The van der Waals surface area contributed by atoms with Crippen LogP contribution in [0.2, 0.25) is 0 Å². The highest BCUT2D eigenvalue weighted by Crippen LogP contribution is 2.36. The van der Waals surface area contributed by atoms with Gasteiger partial charge in [0, 0.05) is 83.7 Å². The van der Waals surface area contributed by atoms with Gasteiger partial charge in [0.15, 0.2) is 19.8 Å². The van der Waals surface area contributed by atoms with Crippen molar-refractivity contribution in [3.63, 3.8) is 0 Å².